The number of aryl methyl sites for hydroxylation is 1. The Labute approximate surface area is 151 Å². The van der Waals surface area contributed by atoms with Crippen molar-refractivity contribution in [3.8, 4) is 0 Å². The van der Waals surface area contributed by atoms with Crippen LogP contribution in [0.3, 0.4) is 0 Å². The number of carbonyl (C=O) groups is 2. The highest BCUT2D eigenvalue weighted by atomic mass is 35.5. The normalized spacial score (nSPS) is 10.3. The molecular weight excluding hydrogens is 344 g/mol. The van der Waals surface area contributed by atoms with Gasteiger partial charge in [0.2, 0.25) is 5.91 Å². The van der Waals surface area contributed by atoms with Crippen LogP contribution in [0.15, 0.2) is 42.5 Å². The average Bonchev–Trinajstić information content (AvgIpc) is 2.54. The molecule has 2 aromatic carbocycles. The van der Waals surface area contributed by atoms with Crippen LogP contribution in [0.4, 0.5) is 5.69 Å². The number of halogens is 1. The third-order valence-electron chi connectivity index (χ3n) is 3.39. The fourth-order valence-electron chi connectivity index (χ4n) is 2.27. The van der Waals surface area contributed by atoms with Crippen LogP contribution in [0.2, 0.25) is 5.02 Å². The minimum atomic E-state index is -0.213. The van der Waals surface area contributed by atoms with E-state index < -0.39 is 0 Å². The summed E-state index contributed by atoms with van der Waals surface area (Å²) in [4.78, 5) is 24.1. The molecule has 2 rings (SSSR count). The Morgan fingerprint density at radius 1 is 1.17 bits per heavy atom. The fraction of sp³-hybridized carbons (Fsp3) is 0.222. The molecule has 24 heavy (non-hydrogen) atoms. The number of rotatable bonds is 6. The van der Waals surface area contributed by atoms with Crippen molar-refractivity contribution in [2.45, 2.75) is 12.7 Å². The largest absolute Gasteiger partial charge is 0.355 e. The zero-order chi connectivity index (χ0) is 17.5. The summed E-state index contributed by atoms with van der Waals surface area (Å²) in [5, 5.41) is 6.10. The van der Waals surface area contributed by atoms with E-state index in [9.17, 15) is 9.59 Å². The molecule has 2 aromatic rings. The maximum Gasteiger partial charge on any atom is 0.253 e. The van der Waals surface area contributed by atoms with E-state index in [0.29, 0.717) is 27.8 Å². The van der Waals surface area contributed by atoms with Gasteiger partial charge in [0.15, 0.2) is 0 Å². The summed E-state index contributed by atoms with van der Waals surface area (Å²) in [6, 6.07) is 13.0. The van der Waals surface area contributed by atoms with Gasteiger partial charge in [0, 0.05) is 17.8 Å². The van der Waals surface area contributed by atoms with Crippen LogP contribution < -0.4 is 10.6 Å². The molecule has 0 aliphatic heterocycles. The molecule has 0 unspecified atom stereocenters. The predicted molar refractivity (Wildman–Crippen MR) is 101 cm³/mol. The van der Waals surface area contributed by atoms with Crippen LogP contribution in [0.5, 0.6) is 0 Å². The van der Waals surface area contributed by atoms with Crippen molar-refractivity contribution in [3.63, 3.8) is 0 Å². The van der Waals surface area contributed by atoms with Gasteiger partial charge in [-0.3, -0.25) is 9.59 Å². The molecule has 0 aliphatic rings. The van der Waals surface area contributed by atoms with Crippen LogP contribution >= 0.6 is 23.4 Å². The molecule has 0 aliphatic carbocycles. The standard InChI is InChI=1S/C18H19ClN2O2S/c1-12-5-3-8-15(17(12)18(23)20-2)21-16(22)11-24-10-13-6-4-7-14(19)9-13/h3-9H,10-11H2,1-2H3,(H,20,23)(H,21,22). The van der Waals surface area contributed by atoms with Gasteiger partial charge in [0.05, 0.1) is 17.0 Å². The number of thioether (sulfide) groups is 1. The second-order valence-electron chi connectivity index (χ2n) is 5.25. The third kappa shape index (κ3) is 5.01. The Morgan fingerprint density at radius 3 is 2.62 bits per heavy atom. The van der Waals surface area contributed by atoms with E-state index in [2.05, 4.69) is 10.6 Å². The first-order valence-electron chi connectivity index (χ1n) is 7.45. The molecule has 0 fully saturated rings. The zero-order valence-electron chi connectivity index (χ0n) is 13.6. The topological polar surface area (TPSA) is 58.2 Å². The summed E-state index contributed by atoms with van der Waals surface area (Å²) in [6.07, 6.45) is 0. The maximum atomic E-state index is 12.2. The zero-order valence-corrected chi connectivity index (χ0v) is 15.1. The van der Waals surface area contributed by atoms with E-state index in [1.54, 1.807) is 13.1 Å². The van der Waals surface area contributed by atoms with Crippen LogP contribution in [0.25, 0.3) is 0 Å². The van der Waals surface area contributed by atoms with E-state index in [1.807, 2.05) is 43.3 Å². The van der Waals surface area contributed by atoms with Gasteiger partial charge in [0.1, 0.15) is 0 Å². The van der Waals surface area contributed by atoms with Crippen LogP contribution in [0.1, 0.15) is 21.5 Å². The molecule has 0 aromatic heterocycles. The Balaban J connectivity index is 1.95. The van der Waals surface area contributed by atoms with Crippen molar-refractivity contribution in [1.82, 2.24) is 5.32 Å². The van der Waals surface area contributed by atoms with Crippen molar-refractivity contribution in [1.29, 1.82) is 0 Å². The van der Waals surface area contributed by atoms with Crippen molar-refractivity contribution < 1.29 is 9.59 Å². The molecule has 2 N–H and O–H groups in total. The van der Waals surface area contributed by atoms with Crippen LogP contribution in [0, 0.1) is 6.92 Å². The first-order valence-corrected chi connectivity index (χ1v) is 8.98. The van der Waals surface area contributed by atoms with Gasteiger partial charge in [0.25, 0.3) is 5.91 Å². The molecule has 0 bridgehead atoms. The van der Waals surface area contributed by atoms with Gasteiger partial charge in [-0.25, -0.2) is 0 Å². The van der Waals surface area contributed by atoms with Crippen LogP contribution in [-0.2, 0) is 10.5 Å². The summed E-state index contributed by atoms with van der Waals surface area (Å²) in [5.41, 5.74) is 2.91. The van der Waals surface area contributed by atoms with Gasteiger partial charge >= 0.3 is 0 Å². The Hall–Kier alpha value is -1.98. The SMILES string of the molecule is CNC(=O)c1c(C)cccc1NC(=O)CSCc1cccc(Cl)c1. The monoisotopic (exact) mass is 362 g/mol. The van der Waals surface area contributed by atoms with Crippen molar-refractivity contribution in [3.05, 3.63) is 64.2 Å². The minimum absolute atomic E-state index is 0.141. The average molecular weight is 363 g/mol. The number of carbonyl (C=O) groups excluding carboxylic acids is 2. The smallest absolute Gasteiger partial charge is 0.253 e. The highest BCUT2D eigenvalue weighted by Crippen LogP contribution is 2.21. The molecule has 2 amide bonds. The van der Waals surface area contributed by atoms with Gasteiger partial charge in [-0.15, -0.1) is 11.8 Å². The summed E-state index contributed by atoms with van der Waals surface area (Å²) in [6.45, 7) is 1.84. The lowest BCUT2D eigenvalue weighted by atomic mass is 10.1. The van der Waals surface area contributed by atoms with E-state index in [1.165, 1.54) is 11.8 Å². The van der Waals surface area contributed by atoms with Crippen LogP contribution in [-0.4, -0.2) is 24.6 Å². The number of benzene rings is 2. The van der Waals surface area contributed by atoms with E-state index in [-0.39, 0.29) is 11.8 Å². The van der Waals surface area contributed by atoms with Gasteiger partial charge < -0.3 is 10.6 Å². The highest BCUT2D eigenvalue weighted by Gasteiger charge is 2.14. The molecule has 126 valence electrons. The summed E-state index contributed by atoms with van der Waals surface area (Å²) in [7, 11) is 1.57. The summed E-state index contributed by atoms with van der Waals surface area (Å²) in [5.74, 6) is 0.644. The maximum absolute atomic E-state index is 12.2. The lowest BCUT2D eigenvalue weighted by Crippen LogP contribution is -2.23. The second-order valence-corrected chi connectivity index (χ2v) is 6.67. The Kier molecular flexibility index (Phi) is 6.70. The highest BCUT2D eigenvalue weighted by molar-refractivity contribution is 7.99. The van der Waals surface area contributed by atoms with Gasteiger partial charge in [-0.2, -0.15) is 0 Å². The number of anilines is 1. The predicted octanol–water partition coefficient (Wildman–Crippen LogP) is 3.88. The molecule has 0 atom stereocenters. The van der Waals surface area contributed by atoms with Gasteiger partial charge in [-0.1, -0.05) is 35.9 Å². The second kappa shape index (κ2) is 8.76. The minimum Gasteiger partial charge on any atom is -0.355 e. The van der Waals surface area contributed by atoms with E-state index >= 15 is 0 Å². The van der Waals surface area contributed by atoms with E-state index in [4.69, 9.17) is 11.6 Å². The number of amides is 2. The molecule has 0 saturated heterocycles. The number of hydrogen-bond acceptors (Lipinski definition) is 3. The quantitative estimate of drug-likeness (QED) is 0.819. The van der Waals surface area contributed by atoms with Gasteiger partial charge in [-0.05, 0) is 36.2 Å². The lowest BCUT2D eigenvalue weighted by Gasteiger charge is -2.12. The first kappa shape index (κ1) is 18.4. The first-order chi connectivity index (χ1) is 11.5. The lowest BCUT2D eigenvalue weighted by molar-refractivity contribution is -0.113. The Bertz CT molecular complexity index is 750. The van der Waals surface area contributed by atoms with E-state index in [0.717, 1.165) is 11.1 Å². The number of hydrogen-bond donors (Lipinski definition) is 2. The molecule has 0 heterocycles. The number of nitrogens with one attached hydrogen (secondary N) is 2. The third-order valence-corrected chi connectivity index (χ3v) is 4.63. The summed E-state index contributed by atoms with van der Waals surface area (Å²) >= 11 is 7.44. The molecule has 0 spiro atoms. The van der Waals surface area contributed by atoms with Crippen molar-refractivity contribution in [2.24, 2.45) is 0 Å². The molecule has 4 nitrogen and oxygen atoms in total. The summed E-state index contributed by atoms with van der Waals surface area (Å²) < 4.78 is 0. The fourth-order valence-corrected chi connectivity index (χ4v) is 3.26. The molecule has 6 heteroatoms. The van der Waals surface area contributed by atoms with Crippen molar-refractivity contribution in [2.75, 3.05) is 18.1 Å². The Morgan fingerprint density at radius 2 is 1.92 bits per heavy atom. The van der Waals surface area contributed by atoms with Crippen molar-refractivity contribution >= 4 is 40.9 Å². The molecule has 0 saturated carbocycles. The molecular formula is C18H19ClN2O2S. The molecule has 0 radical (unpaired) electrons.